The van der Waals surface area contributed by atoms with Crippen LogP contribution in [-0.2, 0) is 20.9 Å². The Labute approximate surface area is 224 Å². The quantitative estimate of drug-likeness (QED) is 0.302. The van der Waals surface area contributed by atoms with Crippen molar-refractivity contribution in [1.29, 1.82) is 0 Å². The highest BCUT2D eigenvalue weighted by Crippen LogP contribution is 2.33. The molecule has 3 rings (SSSR count). The van der Waals surface area contributed by atoms with Gasteiger partial charge in [0.05, 0.1) is 19.7 Å². The van der Waals surface area contributed by atoms with E-state index in [0.29, 0.717) is 61.2 Å². The zero-order valence-electron chi connectivity index (χ0n) is 23.0. The summed E-state index contributed by atoms with van der Waals surface area (Å²) in [7, 11) is 3.10. The first-order valence-corrected chi connectivity index (χ1v) is 13.0. The van der Waals surface area contributed by atoms with Crippen molar-refractivity contribution >= 4 is 22.8 Å². The zero-order valence-corrected chi connectivity index (χ0v) is 23.0. The van der Waals surface area contributed by atoms with Crippen LogP contribution in [0.1, 0.15) is 45.2 Å². The van der Waals surface area contributed by atoms with Crippen LogP contribution < -0.4 is 14.8 Å². The third kappa shape index (κ3) is 7.44. The predicted molar refractivity (Wildman–Crippen MR) is 145 cm³/mol. The summed E-state index contributed by atoms with van der Waals surface area (Å²) in [4.78, 5) is 29.2. The Bertz CT molecular complexity index is 1200. The highest BCUT2D eigenvalue weighted by molar-refractivity contribution is 5.90. The van der Waals surface area contributed by atoms with Crippen LogP contribution in [0.25, 0.3) is 11.0 Å². The molecule has 10 nitrogen and oxygen atoms in total. The summed E-state index contributed by atoms with van der Waals surface area (Å²) in [5, 5.41) is 11.4. The van der Waals surface area contributed by atoms with Gasteiger partial charge in [0.15, 0.2) is 0 Å². The van der Waals surface area contributed by atoms with E-state index in [1.807, 2.05) is 31.2 Å². The number of fused-ring (bicyclic) bond motifs is 1. The van der Waals surface area contributed by atoms with E-state index in [9.17, 15) is 9.59 Å². The number of benzene rings is 2. The molecule has 3 aromatic rings. The molecule has 206 valence electrons. The Morgan fingerprint density at radius 3 is 2.61 bits per heavy atom. The molecule has 0 aliphatic rings. The normalized spacial score (nSPS) is 11.9. The first kappa shape index (κ1) is 28.9. The summed E-state index contributed by atoms with van der Waals surface area (Å²) in [5.41, 5.74) is 2.02. The van der Waals surface area contributed by atoms with Crippen LogP contribution >= 0.6 is 0 Å². The second kappa shape index (κ2) is 14.3. The van der Waals surface area contributed by atoms with Gasteiger partial charge in [0, 0.05) is 37.9 Å². The first-order chi connectivity index (χ1) is 18.4. The lowest BCUT2D eigenvalue weighted by atomic mass is 10.0. The maximum Gasteiger partial charge on any atom is 0.247 e. The van der Waals surface area contributed by atoms with Crippen molar-refractivity contribution in [3.8, 4) is 11.5 Å². The fourth-order valence-corrected chi connectivity index (χ4v) is 4.21. The van der Waals surface area contributed by atoms with Crippen molar-refractivity contribution < 1.29 is 23.8 Å². The van der Waals surface area contributed by atoms with Crippen LogP contribution in [0.3, 0.4) is 0 Å². The van der Waals surface area contributed by atoms with Crippen molar-refractivity contribution in [2.75, 3.05) is 40.5 Å². The maximum absolute atomic E-state index is 13.9. The minimum atomic E-state index is -0.924. The fraction of sp³-hybridized carbons (Fsp3) is 0.500. The lowest BCUT2D eigenvalue weighted by Crippen LogP contribution is -2.46. The summed E-state index contributed by atoms with van der Waals surface area (Å²) >= 11 is 0. The number of rotatable bonds is 15. The molecule has 0 unspecified atom stereocenters. The van der Waals surface area contributed by atoms with E-state index < -0.39 is 6.04 Å². The monoisotopic (exact) mass is 525 g/mol. The largest absolute Gasteiger partial charge is 0.497 e. The number of amides is 2. The van der Waals surface area contributed by atoms with Crippen molar-refractivity contribution in [3.05, 3.63) is 48.0 Å². The molecule has 1 aromatic heterocycles. The lowest BCUT2D eigenvalue weighted by molar-refractivity contribution is -0.141. The average Bonchev–Trinajstić information content (AvgIpc) is 3.32. The van der Waals surface area contributed by atoms with Crippen LogP contribution in [0.5, 0.6) is 11.5 Å². The number of nitrogens with zero attached hydrogens (tertiary/aromatic N) is 4. The molecule has 0 aliphatic carbocycles. The van der Waals surface area contributed by atoms with Crippen molar-refractivity contribution in [2.24, 2.45) is 5.92 Å². The SMILES string of the molecule is CCOCCCN(C(=O)Cn1nnc2ccccc21)[C@@H](C(=O)NCCC(C)C)c1ccc(OC)cc1OC. The number of nitrogens with one attached hydrogen (secondary N) is 1. The number of hydrogen-bond donors (Lipinski definition) is 1. The second-order valence-electron chi connectivity index (χ2n) is 9.36. The van der Waals surface area contributed by atoms with Gasteiger partial charge in [-0.3, -0.25) is 9.59 Å². The third-order valence-electron chi connectivity index (χ3n) is 6.23. The van der Waals surface area contributed by atoms with Crippen LogP contribution in [-0.4, -0.2) is 72.2 Å². The number of hydrogen-bond acceptors (Lipinski definition) is 7. The predicted octanol–water partition coefficient (Wildman–Crippen LogP) is 3.61. The molecule has 10 heteroatoms. The van der Waals surface area contributed by atoms with Crippen molar-refractivity contribution in [2.45, 2.75) is 46.2 Å². The lowest BCUT2D eigenvalue weighted by Gasteiger charge is -2.32. The molecule has 1 atom stereocenters. The number of aromatic nitrogens is 3. The molecule has 0 bridgehead atoms. The fourth-order valence-electron chi connectivity index (χ4n) is 4.21. The van der Waals surface area contributed by atoms with Crippen LogP contribution in [0.2, 0.25) is 0 Å². The summed E-state index contributed by atoms with van der Waals surface area (Å²) in [6.45, 7) is 7.90. The Hall–Kier alpha value is -3.66. The van der Waals surface area contributed by atoms with Gasteiger partial charge >= 0.3 is 0 Å². The van der Waals surface area contributed by atoms with E-state index in [2.05, 4.69) is 29.5 Å². The number of carbonyl (C=O) groups is 2. The molecular formula is C28H39N5O5. The molecule has 0 saturated heterocycles. The summed E-state index contributed by atoms with van der Waals surface area (Å²) in [5.74, 6) is 0.935. The first-order valence-electron chi connectivity index (χ1n) is 13.0. The molecule has 2 amide bonds. The van der Waals surface area contributed by atoms with Gasteiger partial charge in [0.25, 0.3) is 0 Å². The molecule has 0 radical (unpaired) electrons. The third-order valence-corrected chi connectivity index (χ3v) is 6.23. The van der Waals surface area contributed by atoms with E-state index in [-0.39, 0.29) is 18.4 Å². The van der Waals surface area contributed by atoms with Gasteiger partial charge in [-0.15, -0.1) is 5.10 Å². The number of methoxy groups -OCH3 is 2. The summed E-state index contributed by atoms with van der Waals surface area (Å²) in [6, 6.07) is 11.8. The molecule has 0 fully saturated rings. The second-order valence-corrected chi connectivity index (χ2v) is 9.36. The summed E-state index contributed by atoms with van der Waals surface area (Å²) in [6.07, 6.45) is 1.38. The minimum Gasteiger partial charge on any atom is -0.497 e. The highest BCUT2D eigenvalue weighted by Gasteiger charge is 2.34. The Kier molecular flexibility index (Phi) is 10.9. The summed E-state index contributed by atoms with van der Waals surface area (Å²) < 4.78 is 18.1. The molecule has 0 aliphatic heterocycles. The molecule has 0 spiro atoms. The molecule has 1 N–H and O–H groups in total. The Morgan fingerprint density at radius 2 is 1.89 bits per heavy atom. The van der Waals surface area contributed by atoms with E-state index in [1.54, 1.807) is 34.9 Å². The topological polar surface area (TPSA) is 108 Å². The molecule has 0 saturated carbocycles. The van der Waals surface area contributed by atoms with Crippen molar-refractivity contribution in [1.82, 2.24) is 25.2 Å². The van der Waals surface area contributed by atoms with E-state index in [1.165, 1.54) is 7.11 Å². The van der Waals surface area contributed by atoms with Crippen LogP contribution in [0.15, 0.2) is 42.5 Å². The van der Waals surface area contributed by atoms with Gasteiger partial charge < -0.3 is 24.4 Å². The van der Waals surface area contributed by atoms with Gasteiger partial charge in [-0.1, -0.05) is 31.2 Å². The van der Waals surface area contributed by atoms with E-state index >= 15 is 0 Å². The van der Waals surface area contributed by atoms with Crippen LogP contribution in [0, 0.1) is 5.92 Å². The maximum atomic E-state index is 13.9. The van der Waals surface area contributed by atoms with Gasteiger partial charge in [-0.25, -0.2) is 4.68 Å². The number of carbonyl (C=O) groups excluding carboxylic acids is 2. The molecule has 2 aromatic carbocycles. The van der Waals surface area contributed by atoms with Gasteiger partial charge in [-0.05, 0) is 49.9 Å². The van der Waals surface area contributed by atoms with Gasteiger partial charge in [0.1, 0.15) is 29.6 Å². The Morgan fingerprint density at radius 1 is 1.11 bits per heavy atom. The van der Waals surface area contributed by atoms with Crippen LogP contribution in [0.4, 0.5) is 0 Å². The van der Waals surface area contributed by atoms with E-state index in [4.69, 9.17) is 14.2 Å². The average molecular weight is 526 g/mol. The van der Waals surface area contributed by atoms with Gasteiger partial charge in [-0.2, -0.15) is 0 Å². The van der Waals surface area contributed by atoms with Gasteiger partial charge in [0.2, 0.25) is 11.8 Å². The smallest absolute Gasteiger partial charge is 0.247 e. The number of para-hydroxylation sites is 1. The van der Waals surface area contributed by atoms with Crippen molar-refractivity contribution in [3.63, 3.8) is 0 Å². The Balaban J connectivity index is 2.00. The standard InChI is InChI=1S/C28H39N5O5/c1-6-38-17-9-16-32(26(34)19-33-24-11-8-7-10-23(24)30-31-33)27(28(35)29-15-14-20(2)3)22-13-12-21(36-4)18-25(22)37-5/h7-8,10-13,18,20,27H,6,9,14-17,19H2,1-5H3,(H,29,35)/t27-/m1/s1. The number of ether oxygens (including phenoxy) is 3. The molecular weight excluding hydrogens is 486 g/mol. The minimum absolute atomic E-state index is 0.0661. The molecule has 1 heterocycles. The highest BCUT2D eigenvalue weighted by atomic mass is 16.5. The molecule has 38 heavy (non-hydrogen) atoms. The van der Waals surface area contributed by atoms with E-state index in [0.717, 1.165) is 11.9 Å². The zero-order chi connectivity index (χ0) is 27.5.